The molecule has 17 heavy (non-hydrogen) atoms. The number of hydrogen-bond acceptors (Lipinski definition) is 2. The summed E-state index contributed by atoms with van der Waals surface area (Å²) in [6.07, 6.45) is 3.41. The average molecular weight is 312 g/mol. The minimum atomic E-state index is 0.689. The van der Waals surface area contributed by atoms with Crippen LogP contribution in [0.25, 0.3) is 0 Å². The van der Waals surface area contributed by atoms with E-state index in [1.165, 1.54) is 11.1 Å². The summed E-state index contributed by atoms with van der Waals surface area (Å²) < 4.78 is 1.13. The Hall–Kier alpha value is -1.06. The van der Waals surface area contributed by atoms with Crippen LogP contribution in [0, 0.1) is 6.92 Å². The van der Waals surface area contributed by atoms with E-state index in [1.807, 2.05) is 0 Å². The van der Waals surface area contributed by atoms with E-state index in [4.69, 9.17) is 11.6 Å². The van der Waals surface area contributed by atoms with Crippen molar-refractivity contribution in [3.8, 4) is 0 Å². The molecule has 4 heteroatoms. The summed E-state index contributed by atoms with van der Waals surface area (Å²) in [5.74, 6) is 0. The highest BCUT2D eigenvalue weighted by Crippen LogP contribution is 2.21. The van der Waals surface area contributed by atoms with Crippen molar-refractivity contribution in [1.29, 1.82) is 0 Å². The van der Waals surface area contributed by atoms with Crippen molar-refractivity contribution in [2.75, 3.05) is 5.32 Å². The van der Waals surface area contributed by atoms with Crippen LogP contribution in [0.15, 0.2) is 41.1 Å². The number of rotatable bonds is 3. The van der Waals surface area contributed by atoms with Gasteiger partial charge in [0.2, 0.25) is 0 Å². The number of anilines is 1. The molecule has 0 radical (unpaired) electrons. The molecule has 1 aromatic heterocycles. The number of nitrogens with one attached hydrogen (secondary N) is 1. The molecule has 0 saturated heterocycles. The zero-order chi connectivity index (χ0) is 12.3. The van der Waals surface area contributed by atoms with Gasteiger partial charge >= 0.3 is 0 Å². The molecule has 0 amide bonds. The summed E-state index contributed by atoms with van der Waals surface area (Å²) in [7, 11) is 0. The van der Waals surface area contributed by atoms with E-state index in [-0.39, 0.29) is 0 Å². The number of nitrogens with zero attached hydrogens (tertiary/aromatic N) is 1. The normalized spacial score (nSPS) is 10.3. The lowest BCUT2D eigenvalue weighted by Gasteiger charge is -2.08. The molecule has 1 N–H and O–H groups in total. The van der Waals surface area contributed by atoms with E-state index in [2.05, 4.69) is 51.4 Å². The maximum atomic E-state index is 6.04. The maximum absolute atomic E-state index is 6.04. The Bertz CT molecular complexity index is 529. The summed E-state index contributed by atoms with van der Waals surface area (Å²) in [6, 6.07) is 8.05. The molecule has 0 unspecified atom stereocenters. The van der Waals surface area contributed by atoms with Crippen molar-refractivity contribution in [1.82, 2.24) is 4.98 Å². The number of aromatic nitrogens is 1. The molecular formula is C13H12BrClN2. The number of aryl methyl sites for hydroxylation is 1. The third-order valence-electron chi connectivity index (χ3n) is 2.47. The molecule has 0 aliphatic heterocycles. The van der Waals surface area contributed by atoms with Gasteiger partial charge in [0.15, 0.2) is 0 Å². The summed E-state index contributed by atoms with van der Waals surface area (Å²) in [4.78, 5) is 4.04. The standard InChI is InChI=1S/C13H12BrClN2/c1-9-6-10(2-3-11(9)14)7-17-13-8-16-5-4-12(13)15/h2-6,8,17H,7H2,1H3. The lowest BCUT2D eigenvalue weighted by atomic mass is 10.1. The van der Waals surface area contributed by atoms with Crippen LogP contribution in [-0.4, -0.2) is 4.98 Å². The van der Waals surface area contributed by atoms with Gasteiger partial charge in [-0.2, -0.15) is 0 Å². The van der Waals surface area contributed by atoms with E-state index < -0.39 is 0 Å². The summed E-state index contributed by atoms with van der Waals surface area (Å²) in [6.45, 7) is 2.81. The molecule has 88 valence electrons. The molecule has 2 nitrogen and oxygen atoms in total. The lowest BCUT2D eigenvalue weighted by molar-refractivity contribution is 1.13. The fourth-order valence-corrected chi connectivity index (χ4v) is 1.94. The highest BCUT2D eigenvalue weighted by atomic mass is 79.9. The molecule has 2 aromatic rings. The second-order valence-electron chi connectivity index (χ2n) is 3.79. The average Bonchev–Trinajstić information content (AvgIpc) is 2.32. The van der Waals surface area contributed by atoms with Crippen LogP contribution in [0.4, 0.5) is 5.69 Å². The topological polar surface area (TPSA) is 24.9 Å². The van der Waals surface area contributed by atoms with E-state index in [9.17, 15) is 0 Å². The first kappa shape index (κ1) is 12.4. The van der Waals surface area contributed by atoms with Crippen LogP contribution >= 0.6 is 27.5 Å². The van der Waals surface area contributed by atoms with Gasteiger partial charge in [-0.1, -0.05) is 39.7 Å². The lowest BCUT2D eigenvalue weighted by Crippen LogP contribution is -2.00. The van der Waals surface area contributed by atoms with Gasteiger partial charge in [0, 0.05) is 17.2 Å². The Morgan fingerprint density at radius 3 is 2.88 bits per heavy atom. The van der Waals surface area contributed by atoms with Crippen LogP contribution in [-0.2, 0) is 6.54 Å². The maximum Gasteiger partial charge on any atom is 0.0718 e. The van der Waals surface area contributed by atoms with Gasteiger partial charge in [-0.05, 0) is 30.2 Å². The van der Waals surface area contributed by atoms with Gasteiger partial charge in [-0.25, -0.2) is 0 Å². The summed E-state index contributed by atoms with van der Waals surface area (Å²) in [5, 5.41) is 3.95. The summed E-state index contributed by atoms with van der Waals surface area (Å²) >= 11 is 9.52. The van der Waals surface area contributed by atoms with Crippen molar-refractivity contribution in [2.24, 2.45) is 0 Å². The van der Waals surface area contributed by atoms with Gasteiger partial charge in [0.05, 0.1) is 16.9 Å². The first-order chi connectivity index (χ1) is 8.16. The quantitative estimate of drug-likeness (QED) is 0.907. The molecule has 0 fully saturated rings. The second kappa shape index (κ2) is 5.52. The highest BCUT2D eigenvalue weighted by Gasteiger charge is 2.00. The molecular weight excluding hydrogens is 300 g/mol. The van der Waals surface area contributed by atoms with Crippen LogP contribution in [0.3, 0.4) is 0 Å². The fourth-order valence-electron chi connectivity index (χ4n) is 1.52. The Morgan fingerprint density at radius 1 is 1.35 bits per heavy atom. The molecule has 0 spiro atoms. The Morgan fingerprint density at radius 2 is 2.18 bits per heavy atom. The zero-order valence-electron chi connectivity index (χ0n) is 9.37. The SMILES string of the molecule is Cc1cc(CNc2cnccc2Cl)ccc1Br. The van der Waals surface area contributed by atoms with E-state index in [1.54, 1.807) is 18.5 Å². The molecule has 1 aromatic carbocycles. The van der Waals surface area contributed by atoms with E-state index in [0.29, 0.717) is 5.02 Å². The number of pyridine rings is 1. The van der Waals surface area contributed by atoms with Crippen LogP contribution in [0.5, 0.6) is 0 Å². The predicted octanol–water partition coefficient (Wildman–Crippen LogP) is 4.42. The fraction of sp³-hybridized carbons (Fsp3) is 0.154. The first-order valence-electron chi connectivity index (χ1n) is 5.25. The smallest absolute Gasteiger partial charge is 0.0718 e. The Balaban J connectivity index is 2.08. The second-order valence-corrected chi connectivity index (χ2v) is 5.05. The van der Waals surface area contributed by atoms with Crippen molar-refractivity contribution in [3.05, 3.63) is 57.3 Å². The van der Waals surface area contributed by atoms with Gasteiger partial charge in [-0.3, -0.25) is 4.98 Å². The molecule has 0 bridgehead atoms. The van der Waals surface area contributed by atoms with Crippen molar-refractivity contribution in [2.45, 2.75) is 13.5 Å². The first-order valence-corrected chi connectivity index (χ1v) is 6.42. The zero-order valence-corrected chi connectivity index (χ0v) is 11.7. The van der Waals surface area contributed by atoms with Crippen LogP contribution in [0.2, 0.25) is 5.02 Å². The Kier molecular flexibility index (Phi) is 4.02. The third-order valence-corrected chi connectivity index (χ3v) is 3.69. The van der Waals surface area contributed by atoms with Gasteiger partial charge in [-0.15, -0.1) is 0 Å². The summed E-state index contributed by atoms with van der Waals surface area (Å²) in [5.41, 5.74) is 3.29. The van der Waals surface area contributed by atoms with Gasteiger partial charge in [0.25, 0.3) is 0 Å². The minimum Gasteiger partial charge on any atom is -0.379 e. The number of hydrogen-bond donors (Lipinski definition) is 1. The molecule has 1 heterocycles. The third kappa shape index (κ3) is 3.20. The van der Waals surface area contributed by atoms with Gasteiger partial charge < -0.3 is 5.32 Å². The van der Waals surface area contributed by atoms with E-state index >= 15 is 0 Å². The van der Waals surface area contributed by atoms with Crippen LogP contribution in [0.1, 0.15) is 11.1 Å². The van der Waals surface area contributed by atoms with Crippen molar-refractivity contribution < 1.29 is 0 Å². The molecule has 0 aliphatic rings. The van der Waals surface area contributed by atoms with Gasteiger partial charge in [0.1, 0.15) is 0 Å². The Labute approximate surface area is 114 Å². The van der Waals surface area contributed by atoms with E-state index in [0.717, 1.165) is 16.7 Å². The van der Waals surface area contributed by atoms with Crippen LogP contribution < -0.4 is 5.32 Å². The number of benzene rings is 1. The molecule has 0 aliphatic carbocycles. The van der Waals surface area contributed by atoms with Crippen molar-refractivity contribution in [3.63, 3.8) is 0 Å². The largest absolute Gasteiger partial charge is 0.379 e. The molecule has 2 rings (SSSR count). The molecule has 0 saturated carbocycles. The minimum absolute atomic E-state index is 0.689. The highest BCUT2D eigenvalue weighted by molar-refractivity contribution is 9.10. The monoisotopic (exact) mass is 310 g/mol. The molecule has 0 atom stereocenters. The van der Waals surface area contributed by atoms with Crippen molar-refractivity contribution >= 4 is 33.2 Å². The predicted molar refractivity (Wildman–Crippen MR) is 75.5 cm³/mol. The number of halogens is 2.